The molecule has 156 valence electrons. The summed E-state index contributed by atoms with van der Waals surface area (Å²) in [5, 5.41) is 2.18. The first-order valence-electron chi connectivity index (χ1n) is 9.44. The molecule has 1 aliphatic heterocycles. The molecule has 0 spiro atoms. The molecule has 1 N–H and O–H groups in total. The molecule has 2 aromatic carbocycles. The van der Waals surface area contributed by atoms with Crippen LogP contribution >= 0.6 is 0 Å². The number of amides is 3. The largest absolute Gasteiger partial charge is 0.495 e. The second-order valence-electron chi connectivity index (χ2n) is 6.82. The van der Waals surface area contributed by atoms with E-state index in [4.69, 9.17) is 9.47 Å². The van der Waals surface area contributed by atoms with Crippen LogP contribution in [0.25, 0.3) is 0 Å². The van der Waals surface area contributed by atoms with Gasteiger partial charge in [0.1, 0.15) is 5.75 Å². The van der Waals surface area contributed by atoms with Gasteiger partial charge in [-0.3, -0.25) is 24.5 Å². The molecule has 1 aliphatic rings. The first-order chi connectivity index (χ1) is 14.5. The number of rotatable bonds is 7. The summed E-state index contributed by atoms with van der Waals surface area (Å²) < 4.78 is 10.3. The minimum Gasteiger partial charge on any atom is -0.495 e. The molecule has 0 aliphatic carbocycles. The van der Waals surface area contributed by atoms with Crippen molar-refractivity contribution in [1.29, 1.82) is 0 Å². The Morgan fingerprint density at radius 1 is 1.03 bits per heavy atom. The lowest BCUT2D eigenvalue weighted by molar-refractivity contribution is -0.153. The molecule has 8 heteroatoms. The molecular formula is C22H22N2O6. The Morgan fingerprint density at radius 2 is 1.73 bits per heavy atom. The molecular weight excluding hydrogens is 388 g/mol. The van der Waals surface area contributed by atoms with E-state index in [1.54, 1.807) is 48.5 Å². The van der Waals surface area contributed by atoms with Crippen LogP contribution in [0.1, 0.15) is 12.0 Å². The predicted molar refractivity (Wildman–Crippen MR) is 108 cm³/mol. The molecule has 30 heavy (non-hydrogen) atoms. The van der Waals surface area contributed by atoms with Crippen molar-refractivity contribution < 1.29 is 28.7 Å². The number of hydrogen-bond acceptors (Lipinski definition) is 6. The van der Waals surface area contributed by atoms with Gasteiger partial charge in [0.05, 0.1) is 25.1 Å². The SMILES string of the molecule is COc1ccccc1N1CC(C(=O)OCC(=O)NC(=O)Cc2ccccc2)CC1=O. The highest BCUT2D eigenvalue weighted by atomic mass is 16.5. The van der Waals surface area contributed by atoms with Crippen molar-refractivity contribution in [1.82, 2.24) is 5.32 Å². The number of nitrogens with zero attached hydrogens (tertiary/aromatic N) is 1. The molecule has 8 nitrogen and oxygen atoms in total. The van der Waals surface area contributed by atoms with Gasteiger partial charge in [0.15, 0.2) is 6.61 Å². The van der Waals surface area contributed by atoms with Crippen LogP contribution in [-0.2, 0) is 30.3 Å². The van der Waals surface area contributed by atoms with Crippen molar-refractivity contribution in [3.63, 3.8) is 0 Å². The average molecular weight is 410 g/mol. The van der Waals surface area contributed by atoms with E-state index in [0.717, 1.165) is 5.56 Å². The van der Waals surface area contributed by atoms with Gasteiger partial charge in [-0.05, 0) is 17.7 Å². The second-order valence-corrected chi connectivity index (χ2v) is 6.82. The second kappa shape index (κ2) is 9.69. The third kappa shape index (κ3) is 5.22. The number of carbonyl (C=O) groups excluding carboxylic acids is 4. The van der Waals surface area contributed by atoms with Gasteiger partial charge in [0, 0.05) is 13.0 Å². The van der Waals surface area contributed by atoms with Gasteiger partial charge < -0.3 is 14.4 Å². The van der Waals surface area contributed by atoms with E-state index >= 15 is 0 Å². The Morgan fingerprint density at radius 3 is 2.47 bits per heavy atom. The Labute approximate surface area is 173 Å². The Kier molecular flexibility index (Phi) is 6.79. The Hall–Kier alpha value is -3.68. The van der Waals surface area contributed by atoms with Crippen LogP contribution in [0.15, 0.2) is 54.6 Å². The van der Waals surface area contributed by atoms with Gasteiger partial charge >= 0.3 is 5.97 Å². The van der Waals surface area contributed by atoms with E-state index in [0.29, 0.717) is 11.4 Å². The number of methoxy groups -OCH3 is 1. The van der Waals surface area contributed by atoms with Crippen molar-refractivity contribution in [2.75, 3.05) is 25.2 Å². The van der Waals surface area contributed by atoms with Crippen LogP contribution in [0, 0.1) is 5.92 Å². The zero-order valence-corrected chi connectivity index (χ0v) is 16.5. The minimum atomic E-state index is -0.713. The molecule has 3 rings (SSSR count). The topological polar surface area (TPSA) is 102 Å². The third-order valence-electron chi connectivity index (χ3n) is 4.67. The highest BCUT2D eigenvalue weighted by molar-refractivity contribution is 6.01. The molecule has 0 aromatic heterocycles. The number of ether oxygens (including phenoxy) is 2. The summed E-state index contributed by atoms with van der Waals surface area (Å²) in [6.07, 6.45) is 0.0248. The summed E-state index contributed by atoms with van der Waals surface area (Å²) in [7, 11) is 1.50. The number of imide groups is 1. The summed E-state index contributed by atoms with van der Waals surface area (Å²) >= 11 is 0. The van der Waals surface area contributed by atoms with Crippen molar-refractivity contribution in [2.45, 2.75) is 12.8 Å². The lowest BCUT2D eigenvalue weighted by atomic mass is 10.1. The average Bonchev–Trinajstić information content (AvgIpc) is 3.14. The van der Waals surface area contributed by atoms with Crippen LogP contribution in [0.4, 0.5) is 5.69 Å². The van der Waals surface area contributed by atoms with Crippen LogP contribution in [0.5, 0.6) is 5.75 Å². The van der Waals surface area contributed by atoms with Crippen LogP contribution in [0.3, 0.4) is 0 Å². The van der Waals surface area contributed by atoms with Gasteiger partial charge in [0.2, 0.25) is 11.8 Å². The van der Waals surface area contributed by atoms with Crippen LogP contribution in [0.2, 0.25) is 0 Å². The fourth-order valence-corrected chi connectivity index (χ4v) is 3.22. The van der Waals surface area contributed by atoms with Gasteiger partial charge in [-0.25, -0.2) is 0 Å². The number of para-hydroxylation sites is 2. The summed E-state index contributed by atoms with van der Waals surface area (Å²) in [4.78, 5) is 49.9. The third-order valence-corrected chi connectivity index (χ3v) is 4.67. The monoisotopic (exact) mass is 410 g/mol. The highest BCUT2D eigenvalue weighted by Crippen LogP contribution is 2.33. The number of anilines is 1. The highest BCUT2D eigenvalue weighted by Gasteiger charge is 2.37. The van der Waals surface area contributed by atoms with E-state index in [1.165, 1.54) is 12.0 Å². The maximum atomic E-state index is 12.4. The molecule has 1 heterocycles. The number of benzene rings is 2. The zero-order chi connectivity index (χ0) is 21.5. The first-order valence-corrected chi connectivity index (χ1v) is 9.44. The lowest BCUT2D eigenvalue weighted by Crippen LogP contribution is -2.36. The summed E-state index contributed by atoms with van der Waals surface area (Å²) in [5.41, 5.74) is 1.34. The Bertz CT molecular complexity index is 944. The summed E-state index contributed by atoms with van der Waals surface area (Å²) in [5.74, 6) is -2.27. The molecule has 1 atom stereocenters. The summed E-state index contributed by atoms with van der Waals surface area (Å²) in [6, 6.07) is 16.0. The summed E-state index contributed by atoms with van der Waals surface area (Å²) in [6.45, 7) is -0.453. The minimum absolute atomic E-state index is 0.0224. The van der Waals surface area contributed by atoms with Crippen LogP contribution in [-0.4, -0.2) is 44.0 Å². The lowest BCUT2D eigenvalue weighted by Gasteiger charge is -2.19. The molecule has 2 aromatic rings. The number of carbonyl (C=O) groups is 4. The molecule has 0 radical (unpaired) electrons. The van der Waals surface area contributed by atoms with Crippen molar-refractivity contribution in [2.24, 2.45) is 5.92 Å². The number of esters is 1. The quantitative estimate of drug-likeness (QED) is 0.694. The van der Waals surface area contributed by atoms with Gasteiger partial charge in [-0.2, -0.15) is 0 Å². The normalized spacial score (nSPS) is 15.6. The number of nitrogens with one attached hydrogen (secondary N) is 1. The first kappa shape index (κ1) is 21.0. The van der Waals surface area contributed by atoms with Gasteiger partial charge in [-0.15, -0.1) is 0 Å². The maximum Gasteiger partial charge on any atom is 0.311 e. The maximum absolute atomic E-state index is 12.4. The van der Waals surface area contributed by atoms with E-state index < -0.39 is 30.3 Å². The standard InChI is InChI=1S/C22H22N2O6/c1-29-18-10-6-5-9-17(18)24-13-16(12-21(24)27)22(28)30-14-20(26)23-19(25)11-15-7-3-2-4-8-15/h2-10,16H,11-14H2,1H3,(H,23,25,26). The van der Waals surface area contributed by atoms with E-state index in [1.807, 2.05) is 6.07 Å². The smallest absolute Gasteiger partial charge is 0.311 e. The van der Waals surface area contributed by atoms with Crippen molar-refractivity contribution >= 4 is 29.4 Å². The van der Waals surface area contributed by atoms with E-state index in [9.17, 15) is 19.2 Å². The molecule has 1 unspecified atom stereocenters. The zero-order valence-electron chi connectivity index (χ0n) is 16.5. The van der Waals surface area contributed by atoms with Gasteiger partial charge in [0.25, 0.3) is 5.91 Å². The predicted octanol–water partition coefficient (Wildman–Crippen LogP) is 1.48. The fourth-order valence-electron chi connectivity index (χ4n) is 3.22. The van der Waals surface area contributed by atoms with E-state index in [-0.39, 0.29) is 25.3 Å². The van der Waals surface area contributed by atoms with E-state index in [2.05, 4.69) is 5.32 Å². The molecule has 3 amide bonds. The fraction of sp³-hybridized carbons (Fsp3) is 0.273. The molecule has 1 saturated heterocycles. The molecule has 0 saturated carbocycles. The van der Waals surface area contributed by atoms with Crippen LogP contribution < -0.4 is 15.0 Å². The van der Waals surface area contributed by atoms with Crippen molar-refractivity contribution in [3.8, 4) is 5.75 Å². The molecule has 1 fully saturated rings. The van der Waals surface area contributed by atoms with Gasteiger partial charge in [-0.1, -0.05) is 42.5 Å². The number of hydrogen-bond donors (Lipinski definition) is 1. The Balaban J connectivity index is 1.48. The molecule has 0 bridgehead atoms. The van der Waals surface area contributed by atoms with Crippen molar-refractivity contribution in [3.05, 3.63) is 60.2 Å².